The Hall–Kier alpha value is -0.200. The topological polar surface area (TPSA) is 29.3 Å². The van der Waals surface area contributed by atoms with Crippen LogP contribution in [0.25, 0.3) is 0 Å². The summed E-state index contributed by atoms with van der Waals surface area (Å²) >= 11 is 8.85. The zero-order valence-electron chi connectivity index (χ0n) is 10.6. The molecule has 19 heavy (non-hydrogen) atoms. The molecule has 1 aromatic carbocycles. The Bertz CT molecular complexity index is 542. The number of likely N-dealkylation sites (N-methyl/N-ethyl adjacent to an activating group) is 1. The van der Waals surface area contributed by atoms with Crippen LogP contribution in [0.5, 0.6) is 0 Å². The van der Waals surface area contributed by atoms with E-state index in [1.54, 1.807) is 11.3 Å². The molecule has 0 aliphatic rings. The number of nitrogens with zero attached hydrogens (tertiary/aromatic N) is 1. The van der Waals surface area contributed by atoms with Crippen LogP contribution in [0.1, 0.15) is 16.5 Å². The first-order chi connectivity index (χ1) is 9.11. The summed E-state index contributed by atoms with van der Waals surface area (Å²) in [6, 6.07) is 10.7. The molecule has 1 heterocycles. The van der Waals surface area contributed by atoms with Crippen LogP contribution in [0.4, 0.5) is 0 Å². The molecule has 0 radical (unpaired) electrons. The quantitative estimate of drug-likeness (QED) is 0.801. The molecule has 2 aromatic rings. The smallest absolute Gasteiger partial charge is 0.0576 e. The van der Waals surface area contributed by atoms with Gasteiger partial charge in [-0.05, 0) is 52.1 Å². The fourth-order valence-corrected chi connectivity index (χ4v) is 4.33. The van der Waals surface area contributed by atoms with E-state index in [0.29, 0.717) is 6.54 Å². The van der Waals surface area contributed by atoms with Crippen molar-refractivity contribution in [1.82, 2.24) is 4.90 Å². The van der Waals surface area contributed by atoms with E-state index in [1.165, 1.54) is 10.4 Å². The van der Waals surface area contributed by atoms with Crippen LogP contribution in [-0.2, 0) is 6.54 Å². The molecule has 0 saturated carbocycles. The van der Waals surface area contributed by atoms with Gasteiger partial charge in [0.15, 0.2) is 0 Å². The lowest BCUT2D eigenvalue weighted by molar-refractivity contribution is 0.244. The van der Waals surface area contributed by atoms with Crippen LogP contribution in [0.2, 0.25) is 0 Å². The second-order valence-electron chi connectivity index (χ2n) is 4.43. The number of hydrogen-bond donors (Lipinski definition) is 1. The Morgan fingerprint density at radius 1 is 1.32 bits per heavy atom. The van der Waals surface area contributed by atoms with Crippen molar-refractivity contribution in [2.45, 2.75) is 12.6 Å². The molecule has 2 N–H and O–H groups in total. The molecule has 0 bridgehead atoms. The summed E-state index contributed by atoms with van der Waals surface area (Å²) in [6.45, 7) is 1.50. The number of hydrogen-bond acceptors (Lipinski definition) is 3. The van der Waals surface area contributed by atoms with E-state index in [2.05, 4.69) is 73.5 Å². The van der Waals surface area contributed by atoms with Gasteiger partial charge < -0.3 is 5.73 Å². The first-order valence-corrected chi connectivity index (χ1v) is 8.46. The highest BCUT2D eigenvalue weighted by atomic mass is 79.9. The molecular formula is C14H16Br2N2S. The minimum atomic E-state index is 0.244. The van der Waals surface area contributed by atoms with Crippen LogP contribution < -0.4 is 5.73 Å². The van der Waals surface area contributed by atoms with Crippen molar-refractivity contribution in [1.29, 1.82) is 0 Å². The Kier molecular flexibility index (Phi) is 5.59. The number of rotatable bonds is 5. The summed E-state index contributed by atoms with van der Waals surface area (Å²) < 4.78 is 2.26. The largest absolute Gasteiger partial charge is 0.329 e. The first kappa shape index (κ1) is 15.2. The Morgan fingerprint density at radius 2 is 2.11 bits per heavy atom. The van der Waals surface area contributed by atoms with Gasteiger partial charge in [0.25, 0.3) is 0 Å². The average molecular weight is 404 g/mol. The van der Waals surface area contributed by atoms with Crippen LogP contribution in [-0.4, -0.2) is 18.5 Å². The normalized spacial score (nSPS) is 12.9. The molecule has 0 saturated heterocycles. The molecule has 1 aromatic heterocycles. The van der Waals surface area contributed by atoms with Gasteiger partial charge in [-0.3, -0.25) is 4.90 Å². The van der Waals surface area contributed by atoms with Gasteiger partial charge in [0.05, 0.1) is 6.04 Å². The van der Waals surface area contributed by atoms with E-state index < -0.39 is 0 Å². The van der Waals surface area contributed by atoms with Crippen molar-refractivity contribution in [3.63, 3.8) is 0 Å². The molecule has 0 fully saturated rings. The third-order valence-electron chi connectivity index (χ3n) is 3.02. The average Bonchev–Trinajstić information content (AvgIpc) is 2.77. The summed E-state index contributed by atoms with van der Waals surface area (Å²) in [6.07, 6.45) is 0. The first-order valence-electron chi connectivity index (χ1n) is 5.99. The van der Waals surface area contributed by atoms with Gasteiger partial charge in [0.2, 0.25) is 0 Å². The van der Waals surface area contributed by atoms with Gasteiger partial charge in [0, 0.05) is 26.9 Å². The van der Waals surface area contributed by atoms with Gasteiger partial charge in [-0.15, -0.1) is 11.3 Å². The SMILES string of the molecule is CN(Cc1cccc(Br)c1)C(CN)c1sccc1Br. The molecule has 0 aliphatic carbocycles. The molecule has 0 amide bonds. The van der Waals surface area contributed by atoms with E-state index in [9.17, 15) is 0 Å². The molecule has 0 spiro atoms. The highest BCUT2D eigenvalue weighted by molar-refractivity contribution is 9.10. The second kappa shape index (κ2) is 6.99. The molecule has 2 nitrogen and oxygen atoms in total. The zero-order valence-corrected chi connectivity index (χ0v) is 14.6. The molecule has 0 aliphatic heterocycles. The highest BCUT2D eigenvalue weighted by Crippen LogP contribution is 2.32. The van der Waals surface area contributed by atoms with E-state index in [0.717, 1.165) is 15.5 Å². The third kappa shape index (κ3) is 3.89. The van der Waals surface area contributed by atoms with Gasteiger partial charge in [-0.1, -0.05) is 28.1 Å². The minimum Gasteiger partial charge on any atom is -0.329 e. The van der Waals surface area contributed by atoms with E-state index in [1.807, 2.05) is 6.07 Å². The summed E-state index contributed by atoms with van der Waals surface area (Å²) in [4.78, 5) is 3.58. The Morgan fingerprint density at radius 3 is 2.68 bits per heavy atom. The Labute approximate surface area is 134 Å². The monoisotopic (exact) mass is 402 g/mol. The Balaban J connectivity index is 2.14. The molecule has 102 valence electrons. The fraction of sp³-hybridized carbons (Fsp3) is 0.286. The predicted octanol–water partition coefficient (Wildman–Crippen LogP) is 4.40. The van der Waals surface area contributed by atoms with E-state index in [4.69, 9.17) is 5.73 Å². The molecule has 2 rings (SSSR count). The molecule has 1 unspecified atom stereocenters. The molecule has 1 atom stereocenters. The van der Waals surface area contributed by atoms with Crippen molar-refractivity contribution in [3.8, 4) is 0 Å². The maximum absolute atomic E-state index is 5.95. The van der Waals surface area contributed by atoms with Crippen LogP contribution >= 0.6 is 43.2 Å². The summed E-state index contributed by atoms with van der Waals surface area (Å²) in [5.74, 6) is 0. The molecular weight excluding hydrogens is 388 g/mol. The van der Waals surface area contributed by atoms with Gasteiger partial charge >= 0.3 is 0 Å². The zero-order chi connectivity index (χ0) is 13.8. The predicted molar refractivity (Wildman–Crippen MR) is 89.4 cm³/mol. The summed E-state index contributed by atoms with van der Waals surface area (Å²) in [5.41, 5.74) is 7.23. The number of halogens is 2. The number of benzene rings is 1. The minimum absolute atomic E-state index is 0.244. The lowest BCUT2D eigenvalue weighted by atomic mass is 10.1. The maximum atomic E-state index is 5.95. The van der Waals surface area contributed by atoms with Crippen molar-refractivity contribution in [2.24, 2.45) is 5.73 Å². The van der Waals surface area contributed by atoms with Gasteiger partial charge in [0.1, 0.15) is 0 Å². The fourth-order valence-electron chi connectivity index (χ4n) is 2.06. The number of thiophene rings is 1. The van der Waals surface area contributed by atoms with E-state index in [-0.39, 0.29) is 6.04 Å². The third-order valence-corrected chi connectivity index (χ3v) is 5.49. The van der Waals surface area contributed by atoms with Gasteiger partial charge in [-0.2, -0.15) is 0 Å². The standard InChI is InChI=1S/C14H16Br2N2S/c1-18(9-10-3-2-4-11(15)7-10)13(8-17)14-12(16)5-6-19-14/h2-7,13H,8-9,17H2,1H3. The molecule has 5 heteroatoms. The highest BCUT2D eigenvalue weighted by Gasteiger charge is 2.19. The number of nitrogens with two attached hydrogens (primary N) is 1. The van der Waals surface area contributed by atoms with Crippen molar-refractivity contribution >= 4 is 43.2 Å². The van der Waals surface area contributed by atoms with E-state index >= 15 is 0 Å². The van der Waals surface area contributed by atoms with Crippen molar-refractivity contribution in [2.75, 3.05) is 13.6 Å². The maximum Gasteiger partial charge on any atom is 0.0576 e. The lowest BCUT2D eigenvalue weighted by Crippen LogP contribution is -2.29. The van der Waals surface area contributed by atoms with Crippen molar-refractivity contribution < 1.29 is 0 Å². The lowest BCUT2D eigenvalue weighted by Gasteiger charge is -2.26. The van der Waals surface area contributed by atoms with Crippen LogP contribution in [0.15, 0.2) is 44.7 Å². The second-order valence-corrected chi connectivity index (χ2v) is 7.15. The van der Waals surface area contributed by atoms with Crippen LogP contribution in [0, 0.1) is 0 Å². The summed E-state index contributed by atoms with van der Waals surface area (Å²) in [5, 5.41) is 2.09. The van der Waals surface area contributed by atoms with Gasteiger partial charge in [-0.25, -0.2) is 0 Å². The summed E-state index contributed by atoms with van der Waals surface area (Å²) in [7, 11) is 2.12. The van der Waals surface area contributed by atoms with Crippen LogP contribution in [0.3, 0.4) is 0 Å². The van der Waals surface area contributed by atoms with Crippen molar-refractivity contribution in [3.05, 3.63) is 55.1 Å².